The van der Waals surface area contributed by atoms with Crippen LogP contribution in [-0.4, -0.2) is 59.1 Å². The minimum atomic E-state index is -0.287. The number of fused-ring (bicyclic) bond motifs is 3. The molecule has 0 N–H and O–H groups in total. The summed E-state index contributed by atoms with van der Waals surface area (Å²) in [5.41, 5.74) is 0.959. The number of thiophene rings is 1. The first kappa shape index (κ1) is 20.3. The van der Waals surface area contributed by atoms with Gasteiger partial charge in [0.05, 0.1) is 18.6 Å². The summed E-state index contributed by atoms with van der Waals surface area (Å²) in [6.07, 6.45) is 8.92. The van der Waals surface area contributed by atoms with Gasteiger partial charge in [0.25, 0.3) is 0 Å². The molecule has 1 aliphatic heterocycles. The molecule has 1 saturated heterocycles. The van der Waals surface area contributed by atoms with Crippen LogP contribution in [0, 0.1) is 5.41 Å². The van der Waals surface area contributed by atoms with E-state index >= 15 is 0 Å². The normalized spacial score (nSPS) is 30.2. The SMILES string of the molecule is CC(=O)[C@]1(C)CCc2sc3ncnc(OC4CCC(N5CCOCC5)CC4)c3c2C1. The lowest BCUT2D eigenvalue weighted by molar-refractivity contribution is -0.126. The first-order chi connectivity index (χ1) is 14.5. The van der Waals surface area contributed by atoms with Crippen molar-refractivity contribution in [3.8, 4) is 5.88 Å². The van der Waals surface area contributed by atoms with E-state index in [1.54, 1.807) is 24.6 Å². The van der Waals surface area contributed by atoms with Gasteiger partial charge in [-0.3, -0.25) is 9.69 Å². The zero-order chi connectivity index (χ0) is 20.7. The molecule has 2 aromatic rings. The van der Waals surface area contributed by atoms with E-state index in [0.29, 0.717) is 6.04 Å². The lowest BCUT2D eigenvalue weighted by atomic mass is 9.72. The van der Waals surface area contributed by atoms with Crippen molar-refractivity contribution < 1.29 is 14.3 Å². The first-order valence-electron chi connectivity index (χ1n) is 11.3. The Labute approximate surface area is 182 Å². The number of hydrogen-bond acceptors (Lipinski definition) is 7. The molecule has 0 spiro atoms. The second-order valence-electron chi connectivity index (χ2n) is 9.35. The van der Waals surface area contributed by atoms with E-state index in [1.165, 1.54) is 23.3 Å². The van der Waals surface area contributed by atoms with Gasteiger partial charge < -0.3 is 9.47 Å². The van der Waals surface area contributed by atoms with Gasteiger partial charge in [0.2, 0.25) is 5.88 Å². The largest absolute Gasteiger partial charge is 0.474 e. The van der Waals surface area contributed by atoms with Gasteiger partial charge in [-0.05, 0) is 57.4 Å². The Bertz CT molecular complexity index is 931. The quantitative estimate of drug-likeness (QED) is 0.737. The van der Waals surface area contributed by atoms with Crippen molar-refractivity contribution in [3.05, 3.63) is 16.8 Å². The summed E-state index contributed by atoms with van der Waals surface area (Å²) in [6.45, 7) is 7.65. The van der Waals surface area contributed by atoms with Gasteiger partial charge in [-0.15, -0.1) is 11.3 Å². The van der Waals surface area contributed by atoms with Crippen molar-refractivity contribution in [2.75, 3.05) is 26.3 Å². The smallest absolute Gasteiger partial charge is 0.225 e. The molecular weight excluding hydrogens is 398 g/mol. The topological polar surface area (TPSA) is 64.5 Å². The van der Waals surface area contributed by atoms with Crippen LogP contribution >= 0.6 is 11.3 Å². The summed E-state index contributed by atoms with van der Waals surface area (Å²) in [7, 11) is 0. The Morgan fingerprint density at radius 2 is 2.00 bits per heavy atom. The fourth-order valence-electron chi connectivity index (χ4n) is 5.28. The summed E-state index contributed by atoms with van der Waals surface area (Å²) in [6, 6.07) is 0.657. The fraction of sp³-hybridized carbons (Fsp3) is 0.696. The Morgan fingerprint density at radius 1 is 1.23 bits per heavy atom. The number of carbonyl (C=O) groups excluding carboxylic acids is 1. The molecule has 2 aromatic heterocycles. The number of Topliss-reactive ketones (excluding diaryl/α,β-unsaturated/α-hetero) is 1. The third-order valence-corrected chi connectivity index (χ3v) is 8.64. The zero-order valence-corrected chi connectivity index (χ0v) is 18.8. The van der Waals surface area contributed by atoms with Gasteiger partial charge in [0, 0.05) is 29.4 Å². The van der Waals surface area contributed by atoms with E-state index in [2.05, 4.69) is 21.8 Å². The van der Waals surface area contributed by atoms with Crippen molar-refractivity contribution in [2.45, 2.75) is 70.9 Å². The van der Waals surface area contributed by atoms with Crippen LogP contribution in [0.4, 0.5) is 0 Å². The minimum absolute atomic E-state index is 0.207. The molecular formula is C23H31N3O3S. The highest BCUT2D eigenvalue weighted by Crippen LogP contribution is 2.45. The summed E-state index contributed by atoms with van der Waals surface area (Å²) in [5, 5.41) is 1.06. The summed E-state index contributed by atoms with van der Waals surface area (Å²) in [5.74, 6) is 0.994. The van der Waals surface area contributed by atoms with E-state index in [1.807, 2.05) is 0 Å². The Balaban J connectivity index is 1.33. The van der Waals surface area contributed by atoms with E-state index < -0.39 is 0 Å². The molecule has 2 fully saturated rings. The van der Waals surface area contributed by atoms with Gasteiger partial charge in [0.1, 0.15) is 23.0 Å². The molecule has 1 saturated carbocycles. The number of hydrogen-bond donors (Lipinski definition) is 0. The molecule has 0 bridgehead atoms. The third-order valence-electron chi connectivity index (χ3n) is 7.44. The van der Waals surface area contributed by atoms with Crippen molar-refractivity contribution in [1.29, 1.82) is 0 Å². The molecule has 0 amide bonds. The van der Waals surface area contributed by atoms with Crippen LogP contribution in [0.25, 0.3) is 10.2 Å². The van der Waals surface area contributed by atoms with E-state index in [9.17, 15) is 4.79 Å². The van der Waals surface area contributed by atoms with Crippen LogP contribution in [0.5, 0.6) is 5.88 Å². The maximum Gasteiger partial charge on any atom is 0.225 e. The van der Waals surface area contributed by atoms with E-state index in [-0.39, 0.29) is 17.3 Å². The highest BCUT2D eigenvalue weighted by molar-refractivity contribution is 7.18. The summed E-state index contributed by atoms with van der Waals surface area (Å²) < 4.78 is 12.0. The van der Waals surface area contributed by atoms with Crippen molar-refractivity contribution in [3.63, 3.8) is 0 Å². The average Bonchev–Trinajstić information content (AvgIpc) is 3.13. The lowest BCUT2D eigenvalue weighted by Gasteiger charge is -2.38. The number of aromatic nitrogens is 2. The number of ketones is 1. The molecule has 5 rings (SSSR count). The second-order valence-corrected chi connectivity index (χ2v) is 10.4. The van der Waals surface area contributed by atoms with Crippen molar-refractivity contribution in [2.24, 2.45) is 5.41 Å². The number of aryl methyl sites for hydroxylation is 1. The van der Waals surface area contributed by atoms with Crippen LogP contribution < -0.4 is 4.74 Å². The standard InChI is InChI=1S/C23H31N3O3S/c1-15(27)23(2)8-7-19-18(13-23)20-21(24-14-25-22(20)30-19)29-17-5-3-16(4-6-17)26-9-11-28-12-10-26/h14,16-17H,3-13H2,1-2H3/t16?,17?,23-/m1/s1. The second kappa shape index (κ2) is 8.17. The van der Waals surface area contributed by atoms with Crippen LogP contribution in [0.3, 0.4) is 0 Å². The molecule has 3 aliphatic rings. The van der Waals surface area contributed by atoms with Crippen molar-refractivity contribution >= 4 is 27.3 Å². The summed E-state index contributed by atoms with van der Waals surface area (Å²) >= 11 is 1.75. The number of nitrogens with zero attached hydrogens (tertiary/aromatic N) is 3. The Hall–Kier alpha value is -1.57. The van der Waals surface area contributed by atoms with Crippen molar-refractivity contribution in [1.82, 2.24) is 14.9 Å². The zero-order valence-electron chi connectivity index (χ0n) is 18.0. The molecule has 1 atom stereocenters. The number of ether oxygens (including phenoxy) is 2. The van der Waals surface area contributed by atoms with Crippen LogP contribution in [0.2, 0.25) is 0 Å². The monoisotopic (exact) mass is 429 g/mol. The minimum Gasteiger partial charge on any atom is -0.474 e. The van der Waals surface area contributed by atoms with Crippen LogP contribution in [0.1, 0.15) is 56.4 Å². The summed E-state index contributed by atoms with van der Waals surface area (Å²) in [4.78, 5) is 26.3. The molecule has 0 unspecified atom stereocenters. The van der Waals surface area contributed by atoms with Gasteiger partial charge in [-0.1, -0.05) is 6.92 Å². The van der Waals surface area contributed by atoms with E-state index in [4.69, 9.17) is 9.47 Å². The highest BCUT2D eigenvalue weighted by Gasteiger charge is 2.37. The maximum absolute atomic E-state index is 12.3. The maximum atomic E-state index is 12.3. The lowest BCUT2D eigenvalue weighted by Crippen LogP contribution is -2.46. The van der Waals surface area contributed by atoms with Gasteiger partial charge in [-0.25, -0.2) is 9.97 Å². The van der Waals surface area contributed by atoms with Gasteiger partial charge in [0.15, 0.2) is 0 Å². The Kier molecular flexibility index (Phi) is 5.54. The number of morpholine rings is 1. The molecule has 162 valence electrons. The van der Waals surface area contributed by atoms with Gasteiger partial charge in [-0.2, -0.15) is 0 Å². The molecule has 3 heterocycles. The predicted octanol–water partition coefficient (Wildman–Crippen LogP) is 3.80. The molecule has 30 heavy (non-hydrogen) atoms. The molecule has 0 aromatic carbocycles. The van der Waals surface area contributed by atoms with Crippen LogP contribution in [0.15, 0.2) is 6.33 Å². The highest BCUT2D eigenvalue weighted by atomic mass is 32.1. The number of carbonyl (C=O) groups is 1. The molecule has 7 heteroatoms. The third kappa shape index (κ3) is 3.76. The average molecular weight is 430 g/mol. The molecule has 6 nitrogen and oxygen atoms in total. The van der Waals surface area contributed by atoms with Gasteiger partial charge >= 0.3 is 0 Å². The van der Waals surface area contributed by atoms with E-state index in [0.717, 1.165) is 74.5 Å². The number of rotatable bonds is 4. The molecule has 2 aliphatic carbocycles. The molecule has 0 radical (unpaired) electrons. The Morgan fingerprint density at radius 3 is 2.73 bits per heavy atom. The first-order valence-corrected chi connectivity index (χ1v) is 12.1. The predicted molar refractivity (Wildman–Crippen MR) is 117 cm³/mol. The van der Waals surface area contributed by atoms with Crippen LogP contribution in [-0.2, 0) is 22.4 Å². The fourth-order valence-corrected chi connectivity index (χ4v) is 6.43.